The largest absolute Gasteiger partial charge is 0.479 e. The van der Waals surface area contributed by atoms with E-state index in [4.69, 9.17) is 25.4 Å². The van der Waals surface area contributed by atoms with Gasteiger partial charge in [0.1, 0.15) is 12.4 Å². The predicted octanol–water partition coefficient (Wildman–Crippen LogP) is 3.89. The summed E-state index contributed by atoms with van der Waals surface area (Å²) in [7, 11) is 0. The molecule has 57 heavy (non-hydrogen) atoms. The lowest BCUT2D eigenvalue weighted by atomic mass is 10.1. The fourth-order valence-electron chi connectivity index (χ4n) is 5.70. The van der Waals surface area contributed by atoms with Crippen molar-refractivity contribution in [3.63, 3.8) is 0 Å². The van der Waals surface area contributed by atoms with Crippen LogP contribution in [0, 0.1) is 5.82 Å². The third kappa shape index (κ3) is 12.4. The normalized spacial score (nSPS) is 13.4. The molecule has 0 spiro atoms. The number of aryl methyl sites for hydroxylation is 1. The van der Waals surface area contributed by atoms with Crippen LogP contribution in [0.4, 0.5) is 17.6 Å². The molecule has 2 unspecified atom stereocenters. The minimum absolute atomic E-state index is 0.179. The number of aliphatic carboxylic acids is 2. The maximum absolute atomic E-state index is 14.0. The number of likely N-dealkylation sites (N-methyl/N-ethyl adjacent to an activating group) is 1. The van der Waals surface area contributed by atoms with Crippen LogP contribution < -0.4 is 5.56 Å². The highest BCUT2D eigenvalue weighted by Crippen LogP contribution is 2.30. The summed E-state index contributed by atoms with van der Waals surface area (Å²) in [5, 5.41) is 33.0. The summed E-state index contributed by atoms with van der Waals surface area (Å²) in [6.45, 7) is 6.70. The second-order valence-electron chi connectivity index (χ2n) is 12.9. The van der Waals surface area contributed by atoms with E-state index in [9.17, 15) is 36.7 Å². The highest BCUT2D eigenvalue weighted by atomic mass is 32.2. The number of aliphatic hydroxyl groups excluding tert-OH is 2. The molecule has 5 rings (SSSR count). The van der Waals surface area contributed by atoms with Crippen LogP contribution in [-0.4, -0.2) is 106 Å². The molecule has 0 saturated heterocycles. The summed E-state index contributed by atoms with van der Waals surface area (Å²) in [4.78, 5) is 64.5. The summed E-state index contributed by atoms with van der Waals surface area (Å²) in [6, 6.07) is 10.8. The van der Waals surface area contributed by atoms with Crippen molar-refractivity contribution in [2.45, 2.75) is 75.5 Å². The van der Waals surface area contributed by atoms with Gasteiger partial charge in [0, 0.05) is 54.5 Å². The number of hydrogen-bond donors (Lipinski definition) is 4. The Balaban J connectivity index is 0.000000635. The Morgan fingerprint density at radius 3 is 2.02 bits per heavy atom. The quantitative estimate of drug-likeness (QED) is 0.0723. The minimum Gasteiger partial charge on any atom is -0.479 e. The Labute approximate surface area is 328 Å². The zero-order chi connectivity index (χ0) is 41.9. The predicted molar refractivity (Wildman–Crippen MR) is 199 cm³/mol. The van der Waals surface area contributed by atoms with Crippen molar-refractivity contribution in [2.24, 2.45) is 0 Å². The molecule has 0 bridgehead atoms. The molecule has 1 aliphatic carbocycles. The van der Waals surface area contributed by atoms with Crippen molar-refractivity contribution in [3.05, 3.63) is 105 Å². The number of thioether (sulfide) groups is 1. The Morgan fingerprint density at radius 1 is 0.877 bits per heavy atom. The van der Waals surface area contributed by atoms with Gasteiger partial charge in [-0.2, -0.15) is 13.2 Å². The van der Waals surface area contributed by atoms with Crippen LogP contribution in [0.5, 0.6) is 0 Å². The molecular formula is C38H42F4N6O8S. The van der Waals surface area contributed by atoms with E-state index in [-0.39, 0.29) is 36.2 Å². The minimum atomic E-state index is -4.44. The third-order valence-corrected chi connectivity index (χ3v) is 10.1. The van der Waals surface area contributed by atoms with Gasteiger partial charge in [0.05, 0.1) is 11.3 Å². The van der Waals surface area contributed by atoms with Crippen molar-refractivity contribution in [1.82, 2.24) is 29.3 Å². The average molecular weight is 819 g/mol. The molecule has 0 saturated carbocycles. The lowest BCUT2D eigenvalue weighted by molar-refractivity contribution is -0.165. The van der Waals surface area contributed by atoms with Gasteiger partial charge in [-0.25, -0.2) is 28.9 Å². The van der Waals surface area contributed by atoms with Gasteiger partial charge in [-0.05, 0) is 62.2 Å². The standard InChI is InChI=1S/C34H36F4N6O2S.C4H6O6/c1-3-42(4-2)16-17-43(20-24-18-39-31(40-19-24)25-10-12-26(13-11-25)34(36,37)38)30(45)21-44-32(46)28-6-5-7-29(28)41-33(44)47-22-23-8-14-27(35)15-9-23;5-1(3(7)8)2(6)4(9)10/h8-15,18-19H,3-7,16-17,20-22H2,1-2H3;1-2,5-6H,(H,7,8)(H,9,10). The second kappa shape index (κ2) is 20.3. The number of amides is 1. The van der Waals surface area contributed by atoms with Crippen LogP contribution in [0.25, 0.3) is 11.4 Å². The highest BCUT2D eigenvalue weighted by Gasteiger charge is 2.31. The van der Waals surface area contributed by atoms with Gasteiger partial charge in [-0.15, -0.1) is 0 Å². The van der Waals surface area contributed by atoms with Crippen LogP contribution >= 0.6 is 11.8 Å². The first-order chi connectivity index (χ1) is 27.0. The van der Waals surface area contributed by atoms with Crippen LogP contribution in [0.15, 0.2) is 70.9 Å². The number of fused-ring (bicyclic) bond motifs is 1. The number of hydrogen-bond acceptors (Lipinski definition) is 11. The maximum atomic E-state index is 14.0. The number of carbonyl (C=O) groups excluding carboxylic acids is 1. The average Bonchev–Trinajstić information content (AvgIpc) is 3.67. The summed E-state index contributed by atoms with van der Waals surface area (Å²) in [5.41, 5.74) is 2.39. The summed E-state index contributed by atoms with van der Waals surface area (Å²) < 4.78 is 53.8. The lowest BCUT2D eigenvalue weighted by Crippen LogP contribution is -2.42. The molecule has 2 heterocycles. The van der Waals surface area contributed by atoms with Crippen molar-refractivity contribution in [2.75, 3.05) is 26.2 Å². The molecule has 4 N–H and O–H groups in total. The first kappa shape index (κ1) is 44.5. The fraction of sp³-hybridized carbons (Fsp3) is 0.395. The summed E-state index contributed by atoms with van der Waals surface area (Å²) >= 11 is 1.34. The molecule has 0 aliphatic heterocycles. The number of carboxylic acid groups (broad SMARTS) is 2. The third-order valence-electron chi connectivity index (χ3n) is 9.02. The zero-order valence-electron chi connectivity index (χ0n) is 31.0. The Kier molecular flexibility index (Phi) is 15.8. The first-order valence-electron chi connectivity index (χ1n) is 17.8. The molecule has 2 atom stereocenters. The molecule has 0 radical (unpaired) electrons. The Hall–Kier alpha value is -5.24. The maximum Gasteiger partial charge on any atom is 0.416 e. The van der Waals surface area contributed by atoms with E-state index in [1.54, 1.807) is 29.4 Å². The molecule has 19 heteroatoms. The smallest absolute Gasteiger partial charge is 0.416 e. The van der Waals surface area contributed by atoms with E-state index in [1.807, 2.05) is 13.8 Å². The van der Waals surface area contributed by atoms with E-state index in [0.29, 0.717) is 53.5 Å². The van der Waals surface area contributed by atoms with Gasteiger partial charge in [0.2, 0.25) is 5.91 Å². The SMILES string of the molecule is CCN(CC)CCN(Cc1cnc(-c2ccc(C(F)(F)F)cc2)nc1)C(=O)Cn1c(SCc2ccc(F)cc2)nc2c(c1=O)CCC2.O=C(O)C(O)C(O)C(=O)O. The molecular weight excluding hydrogens is 777 g/mol. The van der Waals surface area contributed by atoms with E-state index >= 15 is 0 Å². The van der Waals surface area contributed by atoms with Gasteiger partial charge in [-0.1, -0.05) is 49.9 Å². The Bertz CT molecular complexity index is 2030. The van der Waals surface area contributed by atoms with Crippen molar-refractivity contribution in [3.8, 4) is 11.4 Å². The first-order valence-corrected chi connectivity index (χ1v) is 18.8. The van der Waals surface area contributed by atoms with Crippen molar-refractivity contribution < 1.29 is 52.4 Å². The van der Waals surface area contributed by atoms with E-state index < -0.39 is 35.9 Å². The molecule has 14 nitrogen and oxygen atoms in total. The number of aromatic nitrogens is 4. The molecule has 2 aromatic carbocycles. The van der Waals surface area contributed by atoms with Crippen molar-refractivity contribution in [1.29, 1.82) is 0 Å². The number of rotatable bonds is 16. The molecule has 1 amide bonds. The lowest BCUT2D eigenvalue weighted by Gasteiger charge is -2.27. The van der Waals surface area contributed by atoms with Gasteiger partial charge in [0.25, 0.3) is 5.56 Å². The van der Waals surface area contributed by atoms with E-state index in [2.05, 4.69) is 14.9 Å². The highest BCUT2D eigenvalue weighted by molar-refractivity contribution is 7.98. The number of aliphatic hydroxyl groups is 2. The van der Waals surface area contributed by atoms with Gasteiger partial charge in [-0.3, -0.25) is 14.2 Å². The Morgan fingerprint density at radius 2 is 1.47 bits per heavy atom. The van der Waals surface area contributed by atoms with Crippen LogP contribution in [-0.2, 0) is 52.2 Å². The number of alkyl halides is 3. The number of halogens is 4. The van der Waals surface area contributed by atoms with Crippen LogP contribution in [0.1, 0.15) is 48.2 Å². The monoisotopic (exact) mass is 818 g/mol. The van der Waals surface area contributed by atoms with Gasteiger partial charge >= 0.3 is 18.1 Å². The molecule has 306 valence electrons. The molecule has 1 aliphatic rings. The van der Waals surface area contributed by atoms with Crippen molar-refractivity contribution >= 4 is 29.6 Å². The number of nitrogens with zero attached hydrogens (tertiary/aromatic N) is 6. The van der Waals surface area contributed by atoms with Gasteiger partial charge in [0.15, 0.2) is 23.2 Å². The van der Waals surface area contributed by atoms with Crippen LogP contribution in [0.3, 0.4) is 0 Å². The summed E-state index contributed by atoms with van der Waals surface area (Å²) in [5.74, 6) is -3.42. The summed E-state index contributed by atoms with van der Waals surface area (Å²) in [6.07, 6.45) is -3.69. The fourth-order valence-corrected chi connectivity index (χ4v) is 6.66. The number of carbonyl (C=O) groups is 3. The molecule has 4 aromatic rings. The topological polar surface area (TPSA) is 199 Å². The van der Waals surface area contributed by atoms with E-state index in [0.717, 1.165) is 42.9 Å². The van der Waals surface area contributed by atoms with Gasteiger partial charge < -0.3 is 30.2 Å². The zero-order valence-corrected chi connectivity index (χ0v) is 31.8. The number of benzene rings is 2. The van der Waals surface area contributed by atoms with E-state index in [1.165, 1.54) is 40.6 Å². The van der Waals surface area contributed by atoms with Crippen LogP contribution in [0.2, 0.25) is 0 Å². The molecule has 2 aromatic heterocycles. The molecule has 0 fully saturated rings. The second-order valence-corrected chi connectivity index (χ2v) is 13.8. The number of carboxylic acids is 2.